The van der Waals surface area contributed by atoms with E-state index in [1.807, 2.05) is 6.07 Å². The molecule has 0 atom stereocenters. The number of rotatable bonds is 5. The molecular formula is C17H12F3N5O2. The summed E-state index contributed by atoms with van der Waals surface area (Å²) in [6.07, 6.45) is -0.921. The maximum Gasteiger partial charge on any atom is 0.436 e. The number of nitriles is 1. The van der Waals surface area contributed by atoms with E-state index >= 15 is 0 Å². The molecule has 7 nitrogen and oxygen atoms in total. The van der Waals surface area contributed by atoms with Gasteiger partial charge >= 0.3 is 12.1 Å². The third kappa shape index (κ3) is 4.14. The van der Waals surface area contributed by atoms with E-state index in [2.05, 4.69) is 10.2 Å². The van der Waals surface area contributed by atoms with Crippen LogP contribution in [0.5, 0.6) is 0 Å². The van der Waals surface area contributed by atoms with Crippen LogP contribution in [0.4, 0.5) is 13.2 Å². The summed E-state index contributed by atoms with van der Waals surface area (Å²) in [7, 11) is 0. The lowest BCUT2D eigenvalue weighted by atomic mass is 10.1. The minimum absolute atomic E-state index is 0.00299. The van der Waals surface area contributed by atoms with Gasteiger partial charge < -0.3 is 5.11 Å². The van der Waals surface area contributed by atoms with Gasteiger partial charge in [0.1, 0.15) is 11.6 Å². The summed E-state index contributed by atoms with van der Waals surface area (Å²) in [6.45, 7) is 0.433. The van der Waals surface area contributed by atoms with E-state index in [0.29, 0.717) is 17.7 Å². The maximum atomic E-state index is 12.9. The molecule has 0 saturated heterocycles. The Bertz CT molecular complexity index is 1010. The van der Waals surface area contributed by atoms with Crippen molar-refractivity contribution in [2.75, 3.05) is 0 Å². The summed E-state index contributed by atoms with van der Waals surface area (Å²) in [6, 6.07) is 8.94. The lowest BCUT2D eigenvalue weighted by Gasteiger charge is -2.06. The van der Waals surface area contributed by atoms with Crippen LogP contribution in [-0.2, 0) is 19.3 Å². The van der Waals surface area contributed by atoms with Crippen molar-refractivity contribution in [2.45, 2.75) is 19.3 Å². The third-order valence-corrected chi connectivity index (χ3v) is 3.74. The number of carbonyl (C=O) groups is 1. The first-order valence-corrected chi connectivity index (χ1v) is 7.64. The molecule has 0 amide bonds. The molecule has 2 aromatic heterocycles. The van der Waals surface area contributed by atoms with Gasteiger partial charge in [-0.3, -0.25) is 9.36 Å². The van der Waals surface area contributed by atoms with Crippen LogP contribution in [0.15, 0.2) is 42.9 Å². The second kappa shape index (κ2) is 6.95. The van der Waals surface area contributed by atoms with Gasteiger partial charge in [-0.2, -0.15) is 28.6 Å². The molecule has 0 fully saturated rings. The number of aromatic nitrogens is 4. The topological polar surface area (TPSA) is 96.7 Å². The van der Waals surface area contributed by atoms with Crippen LogP contribution < -0.4 is 0 Å². The number of nitrogens with zero attached hydrogens (tertiary/aromatic N) is 5. The van der Waals surface area contributed by atoms with Gasteiger partial charge in [0.15, 0.2) is 5.69 Å². The number of hydrogen-bond acceptors (Lipinski definition) is 4. The number of aromatic carboxylic acids is 1. The van der Waals surface area contributed by atoms with Crippen molar-refractivity contribution in [3.8, 4) is 6.07 Å². The Hall–Kier alpha value is -3.61. The standard InChI is InChI=1S/C17H12F3N5O2/c18-17(19,20)15-14(16(26)27)10-25(23-15)8-12-3-1-11(2-4-12)7-24-9-13(5-21)6-22-24/h1-4,6,9-10H,7-8H2,(H,26,27). The van der Waals surface area contributed by atoms with Gasteiger partial charge in [-0.25, -0.2) is 4.79 Å². The van der Waals surface area contributed by atoms with Crippen LogP contribution in [0.3, 0.4) is 0 Å². The molecule has 0 aliphatic heterocycles. The highest BCUT2D eigenvalue weighted by atomic mass is 19.4. The second-order valence-corrected chi connectivity index (χ2v) is 5.75. The fourth-order valence-corrected chi connectivity index (χ4v) is 2.50. The molecule has 0 saturated carbocycles. The normalized spacial score (nSPS) is 11.3. The first-order chi connectivity index (χ1) is 12.8. The summed E-state index contributed by atoms with van der Waals surface area (Å²) in [5, 5.41) is 25.1. The van der Waals surface area contributed by atoms with Gasteiger partial charge in [0.2, 0.25) is 0 Å². The smallest absolute Gasteiger partial charge is 0.436 e. The van der Waals surface area contributed by atoms with Crippen molar-refractivity contribution in [3.05, 3.63) is 70.8 Å². The van der Waals surface area contributed by atoms with Gasteiger partial charge in [-0.15, -0.1) is 0 Å². The van der Waals surface area contributed by atoms with Crippen molar-refractivity contribution in [1.29, 1.82) is 5.26 Å². The molecule has 2 heterocycles. The molecule has 27 heavy (non-hydrogen) atoms. The van der Waals surface area contributed by atoms with Gasteiger partial charge in [0.05, 0.1) is 24.8 Å². The molecule has 3 aromatic rings. The zero-order chi connectivity index (χ0) is 19.6. The van der Waals surface area contributed by atoms with E-state index < -0.39 is 23.4 Å². The number of alkyl halides is 3. The molecule has 0 radical (unpaired) electrons. The number of hydrogen-bond donors (Lipinski definition) is 1. The average molecular weight is 375 g/mol. The van der Waals surface area contributed by atoms with Gasteiger partial charge in [-0.1, -0.05) is 24.3 Å². The molecule has 0 aliphatic rings. The average Bonchev–Trinajstić information content (AvgIpc) is 3.23. The highest BCUT2D eigenvalue weighted by molar-refractivity contribution is 5.88. The Morgan fingerprint density at radius 3 is 2.15 bits per heavy atom. The maximum absolute atomic E-state index is 12.9. The van der Waals surface area contributed by atoms with Crippen LogP contribution in [-0.4, -0.2) is 30.6 Å². The zero-order valence-corrected chi connectivity index (χ0v) is 13.7. The predicted molar refractivity (Wildman–Crippen MR) is 85.8 cm³/mol. The summed E-state index contributed by atoms with van der Waals surface area (Å²) < 4.78 is 41.2. The van der Waals surface area contributed by atoms with E-state index in [-0.39, 0.29) is 6.54 Å². The highest BCUT2D eigenvalue weighted by Crippen LogP contribution is 2.30. The number of halogens is 3. The number of carboxylic acid groups (broad SMARTS) is 1. The predicted octanol–water partition coefficient (Wildman–Crippen LogP) is 2.76. The first-order valence-electron chi connectivity index (χ1n) is 7.64. The fraction of sp³-hybridized carbons (Fsp3) is 0.176. The molecule has 1 N–H and O–H groups in total. The van der Waals surface area contributed by atoms with Crippen molar-refractivity contribution in [3.63, 3.8) is 0 Å². The quantitative estimate of drug-likeness (QED) is 0.740. The van der Waals surface area contributed by atoms with Gasteiger partial charge in [0.25, 0.3) is 0 Å². The summed E-state index contributed by atoms with van der Waals surface area (Å²) >= 11 is 0. The van der Waals surface area contributed by atoms with Crippen molar-refractivity contribution in [2.24, 2.45) is 0 Å². The van der Waals surface area contributed by atoms with Crippen LogP contribution in [0.2, 0.25) is 0 Å². The molecule has 0 bridgehead atoms. The van der Waals surface area contributed by atoms with Crippen molar-refractivity contribution in [1.82, 2.24) is 19.6 Å². The van der Waals surface area contributed by atoms with E-state index in [1.165, 1.54) is 6.20 Å². The number of carboxylic acids is 1. The minimum Gasteiger partial charge on any atom is -0.478 e. The number of benzene rings is 1. The first kappa shape index (κ1) is 18.2. The molecule has 10 heteroatoms. The highest BCUT2D eigenvalue weighted by Gasteiger charge is 2.39. The van der Waals surface area contributed by atoms with Crippen molar-refractivity contribution >= 4 is 5.97 Å². The van der Waals surface area contributed by atoms with Crippen LogP contribution in [0.1, 0.15) is 32.7 Å². The van der Waals surface area contributed by atoms with Crippen molar-refractivity contribution < 1.29 is 23.1 Å². The van der Waals surface area contributed by atoms with Crippen LogP contribution >= 0.6 is 0 Å². The minimum atomic E-state index is -4.84. The molecular weight excluding hydrogens is 363 g/mol. The summed E-state index contributed by atoms with van der Waals surface area (Å²) in [4.78, 5) is 11.0. The van der Waals surface area contributed by atoms with Crippen LogP contribution in [0, 0.1) is 11.3 Å². The zero-order valence-electron chi connectivity index (χ0n) is 13.7. The largest absolute Gasteiger partial charge is 0.478 e. The van der Waals surface area contributed by atoms with E-state index in [4.69, 9.17) is 10.4 Å². The SMILES string of the molecule is N#Cc1cnn(Cc2ccc(Cn3cc(C(=O)O)c(C(F)(F)F)n3)cc2)c1. The van der Waals surface area contributed by atoms with Crippen LogP contribution in [0.25, 0.3) is 0 Å². The third-order valence-electron chi connectivity index (χ3n) is 3.74. The molecule has 1 aromatic carbocycles. The van der Waals surface area contributed by atoms with E-state index in [0.717, 1.165) is 16.4 Å². The molecule has 3 rings (SSSR count). The monoisotopic (exact) mass is 375 g/mol. The Morgan fingerprint density at radius 2 is 1.70 bits per heavy atom. The fourth-order valence-electron chi connectivity index (χ4n) is 2.50. The lowest BCUT2D eigenvalue weighted by Crippen LogP contribution is -2.12. The molecule has 0 aliphatic carbocycles. The Morgan fingerprint density at radius 1 is 1.11 bits per heavy atom. The molecule has 138 valence electrons. The van der Waals surface area contributed by atoms with E-state index in [9.17, 15) is 18.0 Å². The summed E-state index contributed by atoms with van der Waals surface area (Å²) in [5.41, 5.74) is -0.316. The van der Waals surface area contributed by atoms with Gasteiger partial charge in [0, 0.05) is 12.4 Å². The molecule has 0 unspecified atom stereocenters. The Kier molecular flexibility index (Phi) is 4.68. The summed E-state index contributed by atoms with van der Waals surface area (Å²) in [5.74, 6) is -1.68. The van der Waals surface area contributed by atoms with E-state index in [1.54, 1.807) is 35.1 Å². The molecule has 0 spiro atoms. The second-order valence-electron chi connectivity index (χ2n) is 5.75. The lowest BCUT2D eigenvalue weighted by molar-refractivity contribution is -0.142. The Balaban J connectivity index is 1.75. The van der Waals surface area contributed by atoms with Gasteiger partial charge in [-0.05, 0) is 11.1 Å². The Labute approximate surface area is 150 Å².